The number of thiophene rings is 1. The third-order valence-corrected chi connectivity index (χ3v) is 7.07. The molecule has 2 saturated heterocycles. The number of rotatable bonds is 4. The molecule has 4 heterocycles. The molecule has 2 amide bonds. The van der Waals surface area contributed by atoms with E-state index in [1.807, 2.05) is 46.8 Å². The lowest BCUT2D eigenvalue weighted by Gasteiger charge is -2.36. The van der Waals surface area contributed by atoms with E-state index >= 15 is 0 Å². The van der Waals surface area contributed by atoms with Crippen molar-refractivity contribution in [3.05, 3.63) is 57.4 Å². The molecule has 144 valence electrons. The monoisotopic (exact) mass is 429 g/mol. The van der Waals surface area contributed by atoms with Crippen LogP contribution in [-0.2, 0) is 9.59 Å². The molecule has 0 spiro atoms. The second kappa shape index (κ2) is 8.55. The quantitative estimate of drug-likeness (QED) is 0.541. The van der Waals surface area contributed by atoms with Gasteiger partial charge < -0.3 is 4.90 Å². The summed E-state index contributed by atoms with van der Waals surface area (Å²) in [7, 11) is 0. The van der Waals surface area contributed by atoms with Crippen LogP contribution in [0.3, 0.4) is 0 Å². The van der Waals surface area contributed by atoms with Crippen LogP contribution in [0.2, 0.25) is 0 Å². The van der Waals surface area contributed by atoms with Crippen LogP contribution in [-0.4, -0.2) is 44.0 Å². The Bertz CT molecular complexity index is 912. The van der Waals surface area contributed by atoms with E-state index in [9.17, 15) is 9.59 Å². The van der Waals surface area contributed by atoms with E-state index < -0.39 is 0 Å². The number of thioether (sulfide) groups is 1. The first-order valence-corrected chi connectivity index (χ1v) is 11.2. The first kappa shape index (κ1) is 19.3. The van der Waals surface area contributed by atoms with E-state index in [0.29, 0.717) is 15.8 Å². The van der Waals surface area contributed by atoms with E-state index in [-0.39, 0.29) is 24.4 Å². The van der Waals surface area contributed by atoms with Crippen molar-refractivity contribution in [2.24, 2.45) is 0 Å². The van der Waals surface area contributed by atoms with Crippen molar-refractivity contribution in [2.75, 3.05) is 13.1 Å². The average molecular weight is 430 g/mol. The molecular weight excluding hydrogens is 410 g/mol. The molecule has 28 heavy (non-hydrogen) atoms. The van der Waals surface area contributed by atoms with E-state index in [2.05, 4.69) is 4.98 Å². The maximum atomic E-state index is 13.1. The minimum Gasteiger partial charge on any atom is -0.334 e. The van der Waals surface area contributed by atoms with Crippen molar-refractivity contribution in [1.29, 1.82) is 0 Å². The number of carbonyl (C=O) groups is 2. The van der Waals surface area contributed by atoms with Crippen molar-refractivity contribution in [3.8, 4) is 0 Å². The van der Waals surface area contributed by atoms with Crippen molar-refractivity contribution in [2.45, 2.75) is 25.3 Å². The molecule has 0 aliphatic carbocycles. The largest absolute Gasteiger partial charge is 0.334 e. The van der Waals surface area contributed by atoms with Crippen molar-refractivity contribution < 1.29 is 9.59 Å². The Kier molecular flexibility index (Phi) is 5.89. The number of nitrogens with zero attached hydrogens (tertiary/aromatic N) is 3. The molecule has 0 bridgehead atoms. The normalized spacial score (nSPS) is 21.6. The Morgan fingerprint density at radius 1 is 1.32 bits per heavy atom. The fraction of sp³-hybridized carbons (Fsp3) is 0.300. The molecule has 1 atom stereocenters. The van der Waals surface area contributed by atoms with Crippen LogP contribution in [0.5, 0.6) is 0 Å². The molecule has 0 saturated carbocycles. The lowest BCUT2D eigenvalue weighted by molar-refractivity contribution is -0.138. The standard InChI is InChI=1S/C20H19N3O2S3/c24-18(22-9-2-1-7-16(22)14-5-3-8-21-12-14)13-23-19(25)17(28-20(23)26)11-15-6-4-10-27-15/h3-6,8,10-12,16H,1-2,7,9,13H2/b17-11-/t16-/m1/s1. The first-order valence-electron chi connectivity index (χ1n) is 9.12. The lowest BCUT2D eigenvalue weighted by atomic mass is 9.96. The van der Waals surface area contributed by atoms with Gasteiger partial charge in [0.05, 0.1) is 10.9 Å². The Morgan fingerprint density at radius 2 is 2.21 bits per heavy atom. The summed E-state index contributed by atoms with van der Waals surface area (Å²) >= 11 is 8.21. The Hall–Kier alpha value is -2.03. The van der Waals surface area contributed by atoms with Gasteiger partial charge in [-0.15, -0.1) is 11.3 Å². The summed E-state index contributed by atoms with van der Waals surface area (Å²) < 4.78 is 0.441. The minimum atomic E-state index is -0.188. The fourth-order valence-electron chi connectivity index (χ4n) is 3.51. The van der Waals surface area contributed by atoms with E-state index in [1.165, 1.54) is 16.7 Å². The van der Waals surface area contributed by atoms with Crippen molar-refractivity contribution in [3.63, 3.8) is 0 Å². The summed E-state index contributed by atoms with van der Waals surface area (Å²) in [5.74, 6) is -0.256. The predicted molar refractivity (Wildman–Crippen MR) is 117 cm³/mol. The highest BCUT2D eigenvalue weighted by Crippen LogP contribution is 2.35. The fourth-order valence-corrected chi connectivity index (χ4v) is 5.49. The molecule has 2 aliphatic rings. The van der Waals surface area contributed by atoms with Crippen LogP contribution >= 0.6 is 35.3 Å². The van der Waals surface area contributed by atoms with Gasteiger partial charge in [-0.25, -0.2) is 0 Å². The number of hydrogen-bond donors (Lipinski definition) is 0. The molecule has 2 aromatic rings. The molecule has 2 aromatic heterocycles. The maximum absolute atomic E-state index is 13.1. The summed E-state index contributed by atoms with van der Waals surface area (Å²) in [6.45, 7) is 0.682. The summed E-state index contributed by atoms with van der Waals surface area (Å²) in [6.07, 6.45) is 8.35. The molecule has 8 heteroatoms. The van der Waals surface area contributed by atoms with E-state index in [1.54, 1.807) is 17.5 Å². The molecule has 2 aliphatic heterocycles. The number of amides is 2. The summed E-state index contributed by atoms with van der Waals surface area (Å²) in [4.78, 5) is 34.9. The van der Waals surface area contributed by atoms with Gasteiger partial charge in [-0.1, -0.05) is 36.1 Å². The van der Waals surface area contributed by atoms with Crippen molar-refractivity contribution >= 4 is 57.5 Å². The van der Waals surface area contributed by atoms with Crippen molar-refractivity contribution in [1.82, 2.24) is 14.8 Å². The van der Waals surface area contributed by atoms with Gasteiger partial charge in [-0.2, -0.15) is 0 Å². The van der Waals surface area contributed by atoms with Gasteiger partial charge in [-0.3, -0.25) is 19.5 Å². The molecule has 0 aromatic carbocycles. The third kappa shape index (κ3) is 4.04. The first-order chi connectivity index (χ1) is 13.6. The molecule has 0 unspecified atom stereocenters. The number of piperidine rings is 1. The zero-order valence-electron chi connectivity index (χ0n) is 15.1. The topological polar surface area (TPSA) is 53.5 Å². The van der Waals surface area contributed by atoms with Crippen LogP contribution < -0.4 is 0 Å². The zero-order valence-corrected chi connectivity index (χ0v) is 17.6. The molecule has 0 N–H and O–H groups in total. The second-order valence-corrected chi connectivity index (χ2v) is 9.32. The van der Waals surface area contributed by atoms with E-state index in [0.717, 1.165) is 29.7 Å². The van der Waals surface area contributed by atoms with Gasteiger partial charge in [-0.05, 0) is 48.4 Å². The summed E-state index contributed by atoms with van der Waals surface area (Å²) in [6, 6.07) is 7.80. The Morgan fingerprint density at radius 3 is 2.96 bits per heavy atom. The van der Waals surface area contributed by atoms with Crippen LogP contribution in [0.15, 0.2) is 46.9 Å². The highest BCUT2D eigenvalue weighted by Gasteiger charge is 2.36. The van der Waals surface area contributed by atoms with Gasteiger partial charge in [0.2, 0.25) is 5.91 Å². The Balaban J connectivity index is 1.49. The van der Waals surface area contributed by atoms with Gasteiger partial charge in [0.25, 0.3) is 5.91 Å². The highest BCUT2D eigenvalue weighted by molar-refractivity contribution is 8.26. The van der Waals surface area contributed by atoms with Crippen LogP contribution in [0, 0.1) is 0 Å². The maximum Gasteiger partial charge on any atom is 0.266 e. The molecule has 5 nitrogen and oxygen atoms in total. The molecular formula is C20H19N3O2S3. The van der Waals surface area contributed by atoms with E-state index in [4.69, 9.17) is 12.2 Å². The summed E-state index contributed by atoms with van der Waals surface area (Å²) in [5.41, 5.74) is 1.04. The minimum absolute atomic E-state index is 0.00927. The van der Waals surface area contributed by atoms with Gasteiger partial charge >= 0.3 is 0 Å². The lowest BCUT2D eigenvalue weighted by Crippen LogP contribution is -2.45. The van der Waals surface area contributed by atoms with Crippen LogP contribution in [0.25, 0.3) is 6.08 Å². The number of carbonyl (C=O) groups excluding carboxylic acids is 2. The SMILES string of the molecule is O=C1/C(=C/c2cccs2)SC(=S)N1CC(=O)N1CCCC[C@@H]1c1cccnc1. The Labute approximate surface area is 177 Å². The number of thiocarbonyl (C=S) groups is 1. The molecule has 2 fully saturated rings. The van der Waals surface area contributed by atoms with Crippen LogP contribution in [0.4, 0.5) is 0 Å². The number of likely N-dealkylation sites (tertiary alicyclic amines) is 1. The molecule has 0 radical (unpaired) electrons. The molecule has 4 rings (SSSR count). The van der Waals surface area contributed by atoms with Crippen LogP contribution in [0.1, 0.15) is 35.7 Å². The highest BCUT2D eigenvalue weighted by atomic mass is 32.2. The number of pyridine rings is 1. The van der Waals surface area contributed by atoms with Gasteiger partial charge in [0.15, 0.2) is 0 Å². The third-order valence-electron chi connectivity index (χ3n) is 4.88. The zero-order chi connectivity index (χ0) is 19.5. The van der Waals surface area contributed by atoms with Gasteiger partial charge in [0.1, 0.15) is 10.9 Å². The number of hydrogen-bond acceptors (Lipinski definition) is 6. The average Bonchev–Trinajstić information content (AvgIpc) is 3.33. The summed E-state index contributed by atoms with van der Waals surface area (Å²) in [5, 5.41) is 1.96. The van der Waals surface area contributed by atoms with Gasteiger partial charge in [0, 0.05) is 23.8 Å². The predicted octanol–water partition coefficient (Wildman–Crippen LogP) is 4.10. The number of aromatic nitrogens is 1. The second-order valence-electron chi connectivity index (χ2n) is 6.67. The smallest absolute Gasteiger partial charge is 0.266 e.